The van der Waals surface area contributed by atoms with Gasteiger partial charge in [0.05, 0.1) is 0 Å². The van der Waals surface area contributed by atoms with Crippen molar-refractivity contribution >= 4 is 29.0 Å². The first kappa shape index (κ1) is 11.5. The molecule has 0 spiro atoms. The zero-order chi connectivity index (χ0) is 8.27. The van der Waals surface area contributed by atoms with Crippen LogP contribution in [0.15, 0.2) is 24.3 Å². The van der Waals surface area contributed by atoms with E-state index in [-0.39, 0.29) is 31.9 Å². The second-order valence-corrected chi connectivity index (χ2v) is 2.41. The number of esters is 1. The maximum absolute atomic E-state index is 10.5. The third kappa shape index (κ3) is 3.73. The summed E-state index contributed by atoms with van der Waals surface area (Å²) in [5.74, 6) is 0.317. The summed E-state index contributed by atoms with van der Waals surface area (Å²) in [6.07, 6.45) is 0. The van der Waals surface area contributed by atoms with E-state index in [1.165, 1.54) is 6.92 Å². The standard InChI is InChI=1S/C9H10O2.Mg.2H/c1-7-3-5-9(6-4-7)11-8(2)10;;;/h3-6H,1-2H3;;;/q;+2;2*-1. The number of hydrogen-bond donors (Lipinski definition) is 0. The van der Waals surface area contributed by atoms with Crippen molar-refractivity contribution in [2.75, 3.05) is 0 Å². The molecule has 0 N–H and O–H groups in total. The minimum absolute atomic E-state index is 0. The molecule has 1 aromatic carbocycles. The molecule has 1 aromatic rings. The third-order valence-electron chi connectivity index (χ3n) is 1.28. The van der Waals surface area contributed by atoms with Gasteiger partial charge in [0.25, 0.3) is 0 Å². The molecule has 0 bridgehead atoms. The molecule has 0 radical (unpaired) electrons. The molecule has 0 saturated heterocycles. The summed E-state index contributed by atoms with van der Waals surface area (Å²) < 4.78 is 4.83. The molecular formula is C9H12MgO2. The predicted octanol–water partition coefficient (Wildman–Crippen LogP) is 1.76. The van der Waals surface area contributed by atoms with Gasteiger partial charge in [0.1, 0.15) is 5.75 Å². The molecule has 3 heteroatoms. The second-order valence-electron chi connectivity index (χ2n) is 2.41. The van der Waals surface area contributed by atoms with Gasteiger partial charge in [0.15, 0.2) is 0 Å². The summed E-state index contributed by atoms with van der Waals surface area (Å²) in [6, 6.07) is 7.35. The number of benzene rings is 1. The normalized spacial score (nSPS) is 8.50. The van der Waals surface area contributed by atoms with Gasteiger partial charge in [-0.25, -0.2) is 0 Å². The van der Waals surface area contributed by atoms with E-state index >= 15 is 0 Å². The van der Waals surface area contributed by atoms with Gasteiger partial charge in [0, 0.05) is 6.92 Å². The summed E-state index contributed by atoms with van der Waals surface area (Å²) in [5.41, 5.74) is 1.15. The predicted molar refractivity (Wildman–Crippen MR) is 50.5 cm³/mol. The van der Waals surface area contributed by atoms with Crippen LogP contribution in [0.25, 0.3) is 0 Å². The Labute approximate surface area is 91.0 Å². The Morgan fingerprint density at radius 1 is 1.33 bits per heavy atom. The van der Waals surface area contributed by atoms with Crippen LogP contribution in [-0.2, 0) is 4.79 Å². The van der Waals surface area contributed by atoms with Crippen molar-refractivity contribution in [3.63, 3.8) is 0 Å². The molecule has 0 aliphatic rings. The van der Waals surface area contributed by atoms with Gasteiger partial charge < -0.3 is 7.59 Å². The zero-order valence-electron chi connectivity index (χ0n) is 9.33. The van der Waals surface area contributed by atoms with Crippen molar-refractivity contribution in [2.45, 2.75) is 13.8 Å². The maximum Gasteiger partial charge on any atom is 2.00 e. The Hall–Kier alpha value is -0.544. The first-order valence-corrected chi connectivity index (χ1v) is 3.43. The molecule has 0 atom stereocenters. The molecule has 12 heavy (non-hydrogen) atoms. The number of carbonyl (C=O) groups is 1. The van der Waals surface area contributed by atoms with Crippen LogP contribution in [-0.4, -0.2) is 29.0 Å². The van der Waals surface area contributed by atoms with E-state index in [2.05, 4.69) is 0 Å². The molecule has 1 rings (SSSR count). The fourth-order valence-electron chi connectivity index (χ4n) is 0.772. The zero-order valence-corrected chi connectivity index (χ0v) is 8.75. The van der Waals surface area contributed by atoms with Gasteiger partial charge in [-0.1, -0.05) is 17.7 Å². The minimum atomic E-state index is -0.283. The Morgan fingerprint density at radius 3 is 2.25 bits per heavy atom. The van der Waals surface area contributed by atoms with Gasteiger partial charge in [0.2, 0.25) is 0 Å². The SMILES string of the molecule is CC(=O)Oc1ccc(C)cc1.[H-].[H-].[Mg+2]. The Morgan fingerprint density at radius 2 is 1.83 bits per heavy atom. The first-order chi connectivity index (χ1) is 5.18. The summed E-state index contributed by atoms with van der Waals surface area (Å²) >= 11 is 0. The summed E-state index contributed by atoms with van der Waals surface area (Å²) in [5, 5.41) is 0. The molecule has 0 fully saturated rings. The Kier molecular flexibility index (Phi) is 4.93. The van der Waals surface area contributed by atoms with Gasteiger partial charge in [-0.3, -0.25) is 4.79 Å². The van der Waals surface area contributed by atoms with E-state index in [9.17, 15) is 4.79 Å². The fourth-order valence-corrected chi connectivity index (χ4v) is 0.772. The summed E-state index contributed by atoms with van der Waals surface area (Å²) in [7, 11) is 0. The van der Waals surface area contributed by atoms with E-state index < -0.39 is 0 Å². The van der Waals surface area contributed by atoms with Crippen LogP contribution in [0, 0.1) is 6.92 Å². The van der Waals surface area contributed by atoms with Crippen LogP contribution in [0.3, 0.4) is 0 Å². The van der Waals surface area contributed by atoms with Crippen LogP contribution in [0.5, 0.6) is 5.75 Å². The second kappa shape index (κ2) is 5.16. The molecule has 0 unspecified atom stereocenters. The minimum Gasteiger partial charge on any atom is -1.00 e. The van der Waals surface area contributed by atoms with Gasteiger partial charge in [-0.05, 0) is 19.1 Å². The maximum atomic E-state index is 10.5. The van der Waals surface area contributed by atoms with E-state index in [0.717, 1.165) is 5.56 Å². The quantitative estimate of drug-likeness (QED) is 0.370. The van der Waals surface area contributed by atoms with Crippen molar-refractivity contribution in [1.82, 2.24) is 0 Å². The number of rotatable bonds is 1. The monoisotopic (exact) mass is 176 g/mol. The van der Waals surface area contributed by atoms with Gasteiger partial charge in [-0.15, -0.1) is 0 Å². The number of hydrogen-bond acceptors (Lipinski definition) is 2. The van der Waals surface area contributed by atoms with Gasteiger partial charge in [-0.2, -0.15) is 0 Å². The number of ether oxygens (including phenoxy) is 1. The third-order valence-corrected chi connectivity index (χ3v) is 1.28. The first-order valence-electron chi connectivity index (χ1n) is 3.43. The van der Waals surface area contributed by atoms with E-state index in [0.29, 0.717) is 5.75 Å². The topological polar surface area (TPSA) is 26.3 Å². The van der Waals surface area contributed by atoms with Crippen LogP contribution in [0.1, 0.15) is 15.3 Å². The average molecular weight is 176 g/mol. The van der Waals surface area contributed by atoms with E-state index in [4.69, 9.17) is 4.74 Å². The Bertz CT molecular complexity index is 262. The largest absolute Gasteiger partial charge is 2.00 e. The van der Waals surface area contributed by atoms with Crippen LogP contribution < -0.4 is 4.74 Å². The number of aryl methyl sites for hydroxylation is 1. The molecule has 0 heterocycles. The molecule has 62 valence electrons. The van der Waals surface area contributed by atoms with Crippen LogP contribution in [0.2, 0.25) is 0 Å². The molecule has 0 saturated carbocycles. The van der Waals surface area contributed by atoms with Crippen molar-refractivity contribution in [3.8, 4) is 5.75 Å². The molecule has 0 aliphatic heterocycles. The van der Waals surface area contributed by atoms with E-state index in [1.54, 1.807) is 12.1 Å². The van der Waals surface area contributed by atoms with Crippen LogP contribution >= 0.6 is 0 Å². The smallest absolute Gasteiger partial charge is 1.00 e. The molecular weight excluding hydrogens is 164 g/mol. The van der Waals surface area contributed by atoms with Gasteiger partial charge >= 0.3 is 29.0 Å². The molecule has 0 amide bonds. The Balaban J connectivity index is -0.000000403. The molecule has 2 nitrogen and oxygen atoms in total. The van der Waals surface area contributed by atoms with Crippen molar-refractivity contribution in [2.24, 2.45) is 0 Å². The van der Waals surface area contributed by atoms with E-state index in [1.807, 2.05) is 19.1 Å². The summed E-state index contributed by atoms with van der Waals surface area (Å²) in [4.78, 5) is 10.5. The van der Waals surface area contributed by atoms with Crippen molar-refractivity contribution in [3.05, 3.63) is 29.8 Å². The molecule has 0 aromatic heterocycles. The number of carbonyl (C=O) groups excluding carboxylic acids is 1. The van der Waals surface area contributed by atoms with Crippen molar-refractivity contribution < 1.29 is 12.4 Å². The van der Waals surface area contributed by atoms with Crippen molar-refractivity contribution in [1.29, 1.82) is 0 Å². The van der Waals surface area contributed by atoms with Crippen LogP contribution in [0.4, 0.5) is 0 Å². The fraction of sp³-hybridized carbons (Fsp3) is 0.222. The summed E-state index contributed by atoms with van der Waals surface area (Å²) in [6.45, 7) is 3.37. The average Bonchev–Trinajstić information content (AvgIpc) is 1.93. The molecule has 0 aliphatic carbocycles.